The SMILES string of the molecule is COc1ccc(CCl)cc1.COc1ccc(CO[C@H](C)c2cc(F)ccc2-n2ccc(Cl)n2)cc1.C[C@@H](O)c1cc(F)ccc1-n1ccc(Cl)n1. The first-order chi connectivity index (χ1) is 24.5. The molecular formula is C38H37Cl3F2N4O4. The van der Waals surface area contributed by atoms with Crippen molar-refractivity contribution in [2.24, 2.45) is 0 Å². The fraction of sp³-hybridized carbons (Fsp3) is 0.211. The smallest absolute Gasteiger partial charge is 0.151 e. The van der Waals surface area contributed by atoms with Crippen LogP contribution in [0.25, 0.3) is 11.4 Å². The van der Waals surface area contributed by atoms with Crippen LogP contribution in [0.1, 0.15) is 48.3 Å². The average Bonchev–Trinajstić information content (AvgIpc) is 3.79. The van der Waals surface area contributed by atoms with E-state index in [1.165, 1.54) is 28.9 Å². The monoisotopic (exact) mass is 756 g/mol. The maximum atomic E-state index is 13.7. The van der Waals surface area contributed by atoms with E-state index >= 15 is 0 Å². The summed E-state index contributed by atoms with van der Waals surface area (Å²) in [6, 6.07) is 27.3. The minimum absolute atomic E-state index is 0.322. The van der Waals surface area contributed by atoms with Gasteiger partial charge in [0.2, 0.25) is 0 Å². The van der Waals surface area contributed by atoms with Gasteiger partial charge in [0.15, 0.2) is 10.3 Å². The summed E-state index contributed by atoms with van der Waals surface area (Å²) in [5, 5.41) is 18.5. The van der Waals surface area contributed by atoms with E-state index in [0.29, 0.717) is 39.6 Å². The number of benzene rings is 4. The van der Waals surface area contributed by atoms with Crippen molar-refractivity contribution in [2.75, 3.05) is 14.2 Å². The van der Waals surface area contributed by atoms with Gasteiger partial charge in [0, 0.05) is 29.4 Å². The predicted octanol–water partition coefficient (Wildman–Crippen LogP) is 10.1. The van der Waals surface area contributed by atoms with Gasteiger partial charge in [0.25, 0.3) is 0 Å². The molecule has 0 amide bonds. The highest BCUT2D eigenvalue weighted by molar-refractivity contribution is 6.29. The first-order valence-corrected chi connectivity index (χ1v) is 16.9. The molecule has 13 heteroatoms. The number of rotatable bonds is 10. The lowest BCUT2D eigenvalue weighted by Gasteiger charge is -2.18. The molecule has 2 heterocycles. The van der Waals surface area contributed by atoms with Gasteiger partial charge in [-0.3, -0.25) is 0 Å². The van der Waals surface area contributed by atoms with E-state index in [9.17, 15) is 13.9 Å². The minimum atomic E-state index is -0.770. The summed E-state index contributed by atoms with van der Waals surface area (Å²) in [4.78, 5) is 0. The molecule has 8 nitrogen and oxygen atoms in total. The fourth-order valence-corrected chi connectivity index (χ4v) is 5.20. The number of aliphatic hydroxyl groups excluding tert-OH is 1. The predicted molar refractivity (Wildman–Crippen MR) is 196 cm³/mol. The first-order valence-electron chi connectivity index (χ1n) is 15.6. The molecule has 4 aromatic carbocycles. The van der Waals surface area contributed by atoms with Crippen molar-refractivity contribution < 1.29 is 28.1 Å². The van der Waals surface area contributed by atoms with E-state index in [0.717, 1.165) is 28.3 Å². The number of ether oxygens (including phenoxy) is 3. The molecule has 2 atom stereocenters. The second-order valence-corrected chi connectivity index (χ2v) is 12.1. The molecule has 0 unspecified atom stereocenters. The minimum Gasteiger partial charge on any atom is -0.497 e. The van der Waals surface area contributed by atoms with Gasteiger partial charge < -0.3 is 19.3 Å². The second-order valence-electron chi connectivity index (χ2n) is 11.0. The third-order valence-corrected chi connectivity index (χ3v) is 8.16. The molecule has 6 aromatic rings. The van der Waals surface area contributed by atoms with Crippen LogP contribution in [0.5, 0.6) is 11.5 Å². The number of hydrogen-bond donors (Lipinski definition) is 1. The van der Waals surface area contributed by atoms with Gasteiger partial charge in [0.1, 0.15) is 23.1 Å². The summed E-state index contributed by atoms with van der Waals surface area (Å²) in [7, 11) is 3.27. The van der Waals surface area contributed by atoms with Crippen molar-refractivity contribution in [1.82, 2.24) is 19.6 Å². The molecule has 2 aromatic heterocycles. The van der Waals surface area contributed by atoms with E-state index in [1.807, 2.05) is 55.5 Å². The molecule has 0 aliphatic rings. The van der Waals surface area contributed by atoms with Gasteiger partial charge in [-0.25, -0.2) is 18.1 Å². The number of aromatic nitrogens is 4. The van der Waals surface area contributed by atoms with Crippen molar-refractivity contribution in [1.29, 1.82) is 0 Å². The van der Waals surface area contributed by atoms with E-state index in [4.69, 9.17) is 49.0 Å². The fourth-order valence-electron chi connectivity index (χ4n) is 4.75. The van der Waals surface area contributed by atoms with Gasteiger partial charge in [-0.15, -0.1) is 11.6 Å². The summed E-state index contributed by atoms with van der Waals surface area (Å²) < 4.78 is 46.0. The normalized spacial score (nSPS) is 11.8. The number of nitrogens with zero attached hydrogens (tertiary/aromatic N) is 4. The summed E-state index contributed by atoms with van der Waals surface area (Å²) >= 11 is 17.2. The molecule has 6 rings (SSSR count). The van der Waals surface area contributed by atoms with Crippen LogP contribution < -0.4 is 9.47 Å². The van der Waals surface area contributed by atoms with E-state index in [2.05, 4.69) is 10.2 Å². The molecular weight excluding hydrogens is 721 g/mol. The van der Waals surface area contributed by atoms with Crippen LogP contribution in [0.3, 0.4) is 0 Å². The van der Waals surface area contributed by atoms with Crippen LogP contribution in [0.4, 0.5) is 8.78 Å². The maximum absolute atomic E-state index is 13.7. The highest BCUT2D eigenvalue weighted by atomic mass is 35.5. The number of alkyl halides is 1. The molecule has 0 spiro atoms. The Morgan fingerprint density at radius 2 is 1.12 bits per heavy atom. The summed E-state index contributed by atoms with van der Waals surface area (Å²) in [5.41, 5.74) is 4.64. The zero-order valence-electron chi connectivity index (χ0n) is 28.3. The van der Waals surface area contributed by atoms with Crippen LogP contribution in [0.2, 0.25) is 10.3 Å². The molecule has 0 bridgehead atoms. The standard InChI is InChI=1S/C19H18ClFN2O2.C11H10ClFN2O.C8H9ClO/c1-13(25-12-14-3-6-16(24-2)7-4-14)17-11-15(21)5-8-18(17)23-10-9-19(20)22-23;1-7(16)9-6-8(13)2-3-10(9)15-5-4-11(12)14-15;1-10-8-4-2-7(6-9)3-5-8/h3-11,13H,12H2,1-2H3;2-7,16H,1H3;2-5H,6H2,1H3/t13-;7-;/m11./s1. The number of methoxy groups -OCH3 is 2. The molecule has 1 N–H and O–H groups in total. The Labute approximate surface area is 310 Å². The molecule has 0 radical (unpaired) electrons. The van der Waals surface area contributed by atoms with Gasteiger partial charge in [-0.05, 0) is 97.8 Å². The highest BCUT2D eigenvalue weighted by Crippen LogP contribution is 2.27. The van der Waals surface area contributed by atoms with Crippen molar-refractivity contribution in [2.45, 2.75) is 38.5 Å². The third-order valence-electron chi connectivity index (χ3n) is 7.45. The quantitative estimate of drug-likeness (QED) is 0.140. The number of halogens is 5. The molecule has 0 aliphatic heterocycles. The van der Waals surface area contributed by atoms with Crippen LogP contribution in [0, 0.1) is 11.6 Å². The topological polar surface area (TPSA) is 83.6 Å². The van der Waals surface area contributed by atoms with Crippen molar-refractivity contribution in [3.05, 3.63) is 154 Å². The molecule has 51 heavy (non-hydrogen) atoms. The van der Waals surface area contributed by atoms with Crippen molar-refractivity contribution in [3.8, 4) is 22.9 Å². The Morgan fingerprint density at radius 1 is 0.667 bits per heavy atom. The highest BCUT2D eigenvalue weighted by Gasteiger charge is 2.15. The largest absolute Gasteiger partial charge is 0.497 e. The molecule has 0 saturated carbocycles. The van der Waals surface area contributed by atoms with E-state index in [-0.39, 0.29) is 11.9 Å². The molecule has 0 fully saturated rings. The Morgan fingerprint density at radius 3 is 1.53 bits per heavy atom. The lowest BCUT2D eigenvalue weighted by atomic mass is 10.1. The van der Waals surface area contributed by atoms with E-state index < -0.39 is 11.9 Å². The second kappa shape index (κ2) is 19.2. The van der Waals surface area contributed by atoms with Crippen LogP contribution in [-0.4, -0.2) is 38.9 Å². The lowest BCUT2D eigenvalue weighted by Crippen LogP contribution is -2.07. The van der Waals surface area contributed by atoms with Crippen LogP contribution in [-0.2, 0) is 17.2 Å². The zero-order chi connectivity index (χ0) is 36.9. The average molecular weight is 758 g/mol. The van der Waals surface area contributed by atoms with Crippen molar-refractivity contribution >= 4 is 34.8 Å². The maximum Gasteiger partial charge on any atom is 0.151 e. The molecule has 0 saturated heterocycles. The van der Waals surface area contributed by atoms with E-state index in [1.54, 1.807) is 62.5 Å². The van der Waals surface area contributed by atoms with Crippen LogP contribution in [0.15, 0.2) is 109 Å². The first kappa shape index (κ1) is 39.3. The molecule has 0 aliphatic carbocycles. The van der Waals surface area contributed by atoms with Crippen molar-refractivity contribution in [3.63, 3.8) is 0 Å². The van der Waals surface area contributed by atoms with Crippen LogP contribution >= 0.6 is 34.8 Å². The Kier molecular flexibility index (Phi) is 14.8. The summed E-state index contributed by atoms with van der Waals surface area (Å²) in [6.07, 6.45) is 2.29. The Balaban J connectivity index is 0.000000191. The zero-order valence-corrected chi connectivity index (χ0v) is 30.6. The lowest BCUT2D eigenvalue weighted by molar-refractivity contribution is 0.0522. The third kappa shape index (κ3) is 11.5. The van der Waals surface area contributed by atoms with Gasteiger partial charge in [-0.2, -0.15) is 10.2 Å². The van der Waals surface area contributed by atoms with Gasteiger partial charge >= 0.3 is 0 Å². The Hall–Kier alpha value is -4.45. The van der Waals surface area contributed by atoms with Gasteiger partial charge in [0.05, 0.1) is 44.4 Å². The van der Waals surface area contributed by atoms with Gasteiger partial charge in [-0.1, -0.05) is 47.5 Å². The number of aliphatic hydroxyl groups is 1. The molecule has 268 valence electrons. The summed E-state index contributed by atoms with van der Waals surface area (Å²) in [5.74, 6) is 1.51. The Bertz CT molecular complexity index is 1950. The number of hydrogen-bond acceptors (Lipinski definition) is 6. The summed E-state index contributed by atoms with van der Waals surface area (Å²) in [6.45, 7) is 3.86.